The lowest BCUT2D eigenvalue weighted by atomic mass is 10.0. The van der Waals surface area contributed by atoms with E-state index in [4.69, 9.17) is 4.74 Å². The molecule has 0 aliphatic carbocycles. The number of ketones is 1. The molecule has 4 nitrogen and oxygen atoms in total. The average Bonchev–Trinajstić information content (AvgIpc) is 2.60. The van der Waals surface area contributed by atoms with Crippen LogP contribution < -0.4 is 10.1 Å². The van der Waals surface area contributed by atoms with Crippen molar-refractivity contribution in [3.8, 4) is 5.75 Å². The quantitative estimate of drug-likeness (QED) is 0.745. The molecule has 25 heavy (non-hydrogen) atoms. The van der Waals surface area contributed by atoms with E-state index in [0.717, 1.165) is 6.42 Å². The smallest absolute Gasteiger partial charge is 0.257 e. The number of hydrogen-bond acceptors (Lipinski definition) is 3. The molecular formula is C21H25NO3. The van der Waals surface area contributed by atoms with Gasteiger partial charge in [-0.15, -0.1) is 0 Å². The van der Waals surface area contributed by atoms with Crippen molar-refractivity contribution in [2.45, 2.75) is 33.1 Å². The van der Waals surface area contributed by atoms with Gasteiger partial charge in [-0.3, -0.25) is 9.59 Å². The van der Waals surface area contributed by atoms with Crippen molar-refractivity contribution >= 4 is 11.7 Å². The Balaban J connectivity index is 1.70. The number of carbonyl (C=O) groups excluding carboxylic acids is 2. The van der Waals surface area contributed by atoms with Crippen LogP contribution in [0.25, 0.3) is 0 Å². The third kappa shape index (κ3) is 6.07. The second-order valence-corrected chi connectivity index (χ2v) is 6.37. The molecule has 0 unspecified atom stereocenters. The largest absolute Gasteiger partial charge is 0.484 e. The number of benzene rings is 2. The fourth-order valence-corrected chi connectivity index (χ4v) is 2.40. The molecule has 2 aromatic carbocycles. The van der Waals surface area contributed by atoms with Crippen molar-refractivity contribution in [3.05, 3.63) is 65.2 Å². The van der Waals surface area contributed by atoms with E-state index in [1.54, 1.807) is 24.3 Å². The van der Waals surface area contributed by atoms with Gasteiger partial charge in [-0.1, -0.05) is 38.1 Å². The van der Waals surface area contributed by atoms with E-state index in [1.165, 1.54) is 18.1 Å². The number of nitrogens with one attached hydrogen (secondary N) is 1. The third-order valence-corrected chi connectivity index (χ3v) is 4.01. The molecule has 1 N–H and O–H groups in total. The Morgan fingerprint density at radius 1 is 1.00 bits per heavy atom. The second-order valence-electron chi connectivity index (χ2n) is 6.37. The molecule has 132 valence electrons. The lowest BCUT2D eigenvalue weighted by Crippen LogP contribution is -2.30. The van der Waals surface area contributed by atoms with Gasteiger partial charge < -0.3 is 10.1 Å². The summed E-state index contributed by atoms with van der Waals surface area (Å²) in [7, 11) is 0. The first kappa shape index (κ1) is 18.7. The number of amides is 1. The summed E-state index contributed by atoms with van der Waals surface area (Å²) in [5.74, 6) is 0.944. The Bertz CT molecular complexity index is 703. The van der Waals surface area contributed by atoms with Gasteiger partial charge in [-0.25, -0.2) is 0 Å². The Morgan fingerprint density at radius 2 is 1.64 bits per heavy atom. The summed E-state index contributed by atoms with van der Waals surface area (Å²) in [6.45, 7) is 6.39. The van der Waals surface area contributed by atoms with Crippen LogP contribution in [0.5, 0.6) is 5.75 Å². The fraction of sp³-hybridized carbons (Fsp3) is 0.333. The molecule has 0 aliphatic heterocycles. The van der Waals surface area contributed by atoms with E-state index in [0.29, 0.717) is 23.8 Å². The summed E-state index contributed by atoms with van der Waals surface area (Å²) < 4.78 is 5.42. The predicted molar refractivity (Wildman–Crippen MR) is 99.2 cm³/mol. The normalized spacial score (nSPS) is 10.6. The summed E-state index contributed by atoms with van der Waals surface area (Å²) in [5, 5.41) is 2.85. The van der Waals surface area contributed by atoms with Crippen LogP contribution in [0, 0.1) is 0 Å². The van der Waals surface area contributed by atoms with Gasteiger partial charge in [0, 0.05) is 12.1 Å². The predicted octanol–water partition coefficient (Wildman–Crippen LogP) is 3.75. The van der Waals surface area contributed by atoms with Crippen molar-refractivity contribution in [3.63, 3.8) is 0 Å². The number of ether oxygens (including phenoxy) is 1. The van der Waals surface area contributed by atoms with Crippen LogP contribution in [0.2, 0.25) is 0 Å². The van der Waals surface area contributed by atoms with Crippen molar-refractivity contribution in [2.75, 3.05) is 13.2 Å². The summed E-state index contributed by atoms with van der Waals surface area (Å²) in [4.78, 5) is 23.0. The molecule has 0 saturated heterocycles. The molecule has 0 radical (unpaired) electrons. The first-order valence-electron chi connectivity index (χ1n) is 8.55. The van der Waals surface area contributed by atoms with E-state index in [2.05, 4.69) is 43.4 Å². The first-order valence-corrected chi connectivity index (χ1v) is 8.55. The van der Waals surface area contributed by atoms with Crippen LogP contribution in [0.1, 0.15) is 48.2 Å². The minimum absolute atomic E-state index is 0.00530. The van der Waals surface area contributed by atoms with Crippen LogP contribution in [-0.2, 0) is 11.2 Å². The highest BCUT2D eigenvalue weighted by molar-refractivity contribution is 5.94. The zero-order valence-electron chi connectivity index (χ0n) is 15.0. The van der Waals surface area contributed by atoms with Gasteiger partial charge in [0.05, 0.1) is 0 Å². The number of Topliss-reactive ketones (excluding diaryl/α,β-unsaturated/α-hetero) is 1. The van der Waals surface area contributed by atoms with Crippen molar-refractivity contribution in [1.29, 1.82) is 0 Å². The van der Waals surface area contributed by atoms with Gasteiger partial charge in [-0.05, 0) is 54.7 Å². The Labute approximate surface area is 149 Å². The summed E-state index contributed by atoms with van der Waals surface area (Å²) in [6, 6.07) is 15.3. The highest BCUT2D eigenvalue weighted by Crippen LogP contribution is 2.15. The van der Waals surface area contributed by atoms with Crippen LogP contribution in [0.3, 0.4) is 0 Å². The van der Waals surface area contributed by atoms with Crippen LogP contribution in [0.15, 0.2) is 48.5 Å². The molecule has 2 rings (SSSR count). The maximum atomic E-state index is 11.8. The van der Waals surface area contributed by atoms with Crippen molar-refractivity contribution < 1.29 is 14.3 Å². The number of carbonyl (C=O) groups is 2. The summed E-state index contributed by atoms with van der Waals surface area (Å²) >= 11 is 0. The van der Waals surface area contributed by atoms with E-state index < -0.39 is 0 Å². The first-order chi connectivity index (χ1) is 12.0. The van der Waals surface area contributed by atoms with Crippen LogP contribution in [-0.4, -0.2) is 24.8 Å². The number of rotatable bonds is 8. The molecule has 0 fully saturated rings. The number of hydrogen-bond donors (Lipinski definition) is 1. The van der Waals surface area contributed by atoms with Gasteiger partial charge in [-0.2, -0.15) is 0 Å². The van der Waals surface area contributed by atoms with Crippen LogP contribution >= 0.6 is 0 Å². The highest BCUT2D eigenvalue weighted by Gasteiger charge is 2.04. The molecule has 0 heterocycles. The molecule has 1 amide bonds. The minimum Gasteiger partial charge on any atom is -0.484 e. The molecule has 0 atom stereocenters. The molecule has 4 heteroatoms. The topological polar surface area (TPSA) is 55.4 Å². The van der Waals surface area contributed by atoms with Gasteiger partial charge >= 0.3 is 0 Å². The standard InChI is InChI=1S/C21H25NO3/c1-15(2)18-6-4-17(5-7-18)12-13-22-21(24)14-25-20-10-8-19(9-11-20)16(3)23/h4-11,15H,12-14H2,1-3H3,(H,22,24). The van der Waals surface area contributed by atoms with Crippen LogP contribution in [0.4, 0.5) is 0 Å². The summed E-state index contributed by atoms with van der Waals surface area (Å²) in [6.07, 6.45) is 0.789. The molecule has 0 aliphatic rings. The molecule has 0 aromatic heterocycles. The highest BCUT2D eigenvalue weighted by atomic mass is 16.5. The lowest BCUT2D eigenvalue weighted by molar-refractivity contribution is -0.123. The molecule has 0 bridgehead atoms. The van der Waals surface area contributed by atoms with Gasteiger partial charge in [0.2, 0.25) is 0 Å². The SMILES string of the molecule is CC(=O)c1ccc(OCC(=O)NCCc2ccc(C(C)C)cc2)cc1. The Morgan fingerprint density at radius 3 is 2.20 bits per heavy atom. The zero-order chi connectivity index (χ0) is 18.2. The third-order valence-electron chi connectivity index (χ3n) is 4.01. The van der Waals surface area contributed by atoms with Crippen molar-refractivity contribution in [2.24, 2.45) is 0 Å². The van der Waals surface area contributed by atoms with Crippen molar-refractivity contribution in [1.82, 2.24) is 5.32 Å². The molecule has 2 aromatic rings. The zero-order valence-corrected chi connectivity index (χ0v) is 15.0. The lowest BCUT2D eigenvalue weighted by Gasteiger charge is -2.09. The monoisotopic (exact) mass is 339 g/mol. The van der Waals surface area contributed by atoms with Gasteiger partial charge in [0.25, 0.3) is 5.91 Å². The molecule has 0 spiro atoms. The fourth-order valence-electron chi connectivity index (χ4n) is 2.40. The van der Waals surface area contributed by atoms with Gasteiger partial charge in [0.15, 0.2) is 12.4 Å². The second kappa shape index (κ2) is 9.02. The van der Waals surface area contributed by atoms with Gasteiger partial charge in [0.1, 0.15) is 5.75 Å². The maximum absolute atomic E-state index is 11.8. The van der Waals surface area contributed by atoms with E-state index in [1.807, 2.05) is 0 Å². The summed E-state index contributed by atoms with van der Waals surface area (Å²) in [5.41, 5.74) is 3.14. The van der Waals surface area contributed by atoms with E-state index in [9.17, 15) is 9.59 Å². The Hall–Kier alpha value is -2.62. The average molecular weight is 339 g/mol. The minimum atomic E-state index is -0.158. The Kier molecular flexibility index (Phi) is 6.75. The molecular weight excluding hydrogens is 314 g/mol. The molecule has 0 saturated carbocycles. The van der Waals surface area contributed by atoms with E-state index >= 15 is 0 Å². The maximum Gasteiger partial charge on any atom is 0.257 e. The van der Waals surface area contributed by atoms with E-state index in [-0.39, 0.29) is 18.3 Å².